The van der Waals surface area contributed by atoms with Crippen LogP contribution < -0.4 is 0 Å². The number of benzene rings is 2. The third-order valence-corrected chi connectivity index (χ3v) is 3.57. The van der Waals surface area contributed by atoms with E-state index in [2.05, 4.69) is 12.1 Å². The summed E-state index contributed by atoms with van der Waals surface area (Å²) in [4.78, 5) is 14.3. The zero-order valence-electron chi connectivity index (χ0n) is 10.8. The first-order valence-electron chi connectivity index (χ1n) is 6.31. The Morgan fingerprint density at radius 2 is 1.74 bits per heavy atom. The minimum Gasteiger partial charge on any atom is -0.508 e. The molecule has 2 aromatic rings. The molecule has 1 aliphatic heterocycles. The van der Waals surface area contributed by atoms with Crippen LogP contribution in [0.25, 0.3) is 0 Å². The Morgan fingerprint density at radius 3 is 2.32 bits per heavy atom. The first-order valence-corrected chi connectivity index (χ1v) is 6.31. The Bertz CT molecular complexity index is 624. The van der Waals surface area contributed by atoms with E-state index in [-0.39, 0.29) is 11.7 Å². The normalized spacial score (nSPS) is 13.4. The van der Waals surface area contributed by atoms with Gasteiger partial charge in [-0.15, -0.1) is 0 Å². The molecule has 0 unspecified atom stereocenters. The van der Waals surface area contributed by atoms with Crippen molar-refractivity contribution in [2.24, 2.45) is 0 Å². The van der Waals surface area contributed by atoms with E-state index in [1.54, 1.807) is 25.1 Å². The summed E-state index contributed by atoms with van der Waals surface area (Å²) in [5.41, 5.74) is 3.78. The van der Waals surface area contributed by atoms with E-state index < -0.39 is 0 Å². The number of fused-ring (bicyclic) bond motifs is 1. The number of hydrogen-bond donors (Lipinski definition) is 1. The number of aromatic hydroxyl groups is 1. The van der Waals surface area contributed by atoms with Gasteiger partial charge in [-0.3, -0.25) is 4.79 Å². The van der Waals surface area contributed by atoms with Gasteiger partial charge in [-0.2, -0.15) is 0 Å². The lowest BCUT2D eigenvalue weighted by atomic mass is 10.1. The van der Waals surface area contributed by atoms with Gasteiger partial charge in [0.15, 0.2) is 0 Å². The van der Waals surface area contributed by atoms with Crippen LogP contribution in [-0.2, 0) is 13.1 Å². The molecule has 0 fully saturated rings. The molecule has 1 amide bonds. The summed E-state index contributed by atoms with van der Waals surface area (Å²) in [7, 11) is 0. The monoisotopic (exact) mass is 253 g/mol. The molecule has 0 spiro atoms. The molecule has 3 nitrogen and oxygen atoms in total. The second-order valence-corrected chi connectivity index (χ2v) is 4.93. The Labute approximate surface area is 112 Å². The number of aryl methyl sites for hydroxylation is 1. The van der Waals surface area contributed by atoms with Gasteiger partial charge in [0.2, 0.25) is 0 Å². The second kappa shape index (κ2) is 4.43. The lowest BCUT2D eigenvalue weighted by molar-refractivity contribution is 0.0751. The van der Waals surface area contributed by atoms with Crippen LogP contribution in [-0.4, -0.2) is 15.9 Å². The van der Waals surface area contributed by atoms with Gasteiger partial charge >= 0.3 is 0 Å². The van der Waals surface area contributed by atoms with Crippen LogP contribution in [0.4, 0.5) is 0 Å². The molecule has 3 rings (SSSR count). The highest BCUT2D eigenvalue weighted by Gasteiger charge is 2.23. The van der Waals surface area contributed by atoms with Crippen molar-refractivity contribution in [2.45, 2.75) is 20.0 Å². The van der Waals surface area contributed by atoms with E-state index in [1.807, 2.05) is 17.0 Å². The SMILES string of the molecule is Cc1cc(C(=O)N2Cc3ccccc3C2)ccc1O. The Hall–Kier alpha value is -2.29. The van der Waals surface area contributed by atoms with Crippen molar-refractivity contribution < 1.29 is 9.90 Å². The molecule has 0 aliphatic carbocycles. The van der Waals surface area contributed by atoms with Crippen molar-refractivity contribution in [2.75, 3.05) is 0 Å². The van der Waals surface area contributed by atoms with Crippen molar-refractivity contribution in [3.8, 4) is 5.75 Å². The average Bonchev–Trinajstić information content (AvgIpc) is 2.85. The smallest absolute Gasteiger partial charge is 0.254 e. The van der Waals surface area contributed by atoms with Crippen LogP contribution >= 0.6 is 0 Å². The molecule has 19 heavy (non-hydrogen) atoms. The largest absolute Gasteiger partial charge is 0.508 e. The molecule has 0 bridgehead atoms. The topological polar surface area (TPSA) is 40.5 Å². The molecule has 1 heterocycles. The Morgan fingerprint density at radius 1 is 1.11 bits per heavy atom. The molecular formula is C16H15NO2. The minimum atomic E-state index is 0.0132. The number of phenolic OH excluding ortho intramolecular Hbond substituents is 1. The third-order valence-electron chi connectivity index (χ3n) is 3.57. The van der Waals surface area contributed by atoms with Gasteiger partial charge in [-0.1, -0.05) is 24.3 Å². The van der Waals surface area contributed by atoms with Gasteiger partial charge in [0.1, 0.15) is 5.75 Å². The molecule has 1 aliphatic rings. The number of amides is 1. The molecular weight excluding hydrogens is 238 g/mol. The van der Waals surface area contributed by atoms with E-state index in [0.29, 0.717) is 18.7 Å². The van der Waals surface area contributed by atoms with Crippen LogP contribution in [0.2, 0.25) is 0 Å². The summed E-state index contributed by atoms with van der Waals surface area (Å²) in [5, 5.41) is 9.51. The number of nitrogens with zero attached hydrogens (tertiary/aromatic N) is 1. The van der Waals surface area contributed by atoms with Crippen molar-refractivity contribution in [1.29, 1.82) is 0 Å². The maximum atomic E-state index is 12.4. The van der Waals surface area contributed by atoms with E-state index in [9.17, 15) is 9.90 Å². The van der Waals surface area contributed by atoms with E-state index >= 15 is 0 Å². The predicted molar refractivity (Wildman–Crippen MR) is 72.9 cm³/mol. The number of phenols is 1. The summed E-state index contributed by atoms with van der Waals surface area (Å²) in [6.45, 7) is 3.12. The Kier molecular flexibility index (Phi) is 2.75. The highest BCUT2D eigenvalue weighted by atomic mass is 16.3. The van der Waals surface area contributed by atoms with E-state index in [0.717, 1.165) is 5.56 Å². The zero-order chi connectivity index (χ0) is 13.4. The standard InChI is InChI=1S/C16H15NO2/c1-11-8-12(6-7-15(11)18)16(19)17-9-13-4-2-3-5-14(13)10-17/h2-8,18H,9-10H2,1H3. The predicted octanol–water partition coefficient (Wildman–Crippen LogP) is 2.86. The van der Waals surface area contributed by atoms with Crippen LogP contribution in [0, 0.1) is 6.92 Å². The van der Waals surface area contributed by atoms with Crippen molar-refractivity contribution in [3.05, 3.63) is 64.7 Å². The van der Waals surface area contributed by atoms with Gasteiger partial charge < -0.3 is 10.0 Å². The fourth-order valence-corrected chi connectivity index (χ4v) is 2.45. The number of carbonyl (C=O) groups is 1. The first kappa shape index (κ1) is 11.8. The lowest BCUT2D eigenvalue weighted by Gasteiger charge is -2.16. The van der Waals surface area contributed by atoms with Crippen LogP contribution in [0.5, 0.6) is 5.75 Å². The van der Waals surface area contributed by atoms with E-state index in [4.69, 9.17) is 0 Å². The molecule has 2 aromatic carbocycles. The van der Waals surface area contributed by atoms with E-state index in [1.165, 1.54) is 11.1 Å². The molecule has 0 radical (unpaired) electrons. The molecule has 0 saturated heterocycles. The highest BCUT2D eigenvalue weighted by molar-refractivity contribution is 5.94. The summed E-state index contributed by atoms with van der Waals surface area (Å²) in [6, 6.07) is 13.1. The summed E-state index contributed by atoms with van der Waals surface area (Å²) < 4.78 is 0. The summed E-state index contributed by atoms with van der Waals surface area (Å²) in [6.07, 6.45) is 0. The van der Waals surface area contributed by atoms with Gasteiger partial charge in [0, 0.05) is 18.7 Å². The van der Waals surface area contributed by atoms with Gasteiger partial charge in [-0.05, 0) is 41.8 Å². The molecule has 3 heteroatoms. The fourth-order valence-electron chi connectivity index (χ4n) is 2.45. The summed E-state index contributed by atoms with van der Waals surface area (Å²) in [5.74, 6) is 0.237. The average molecular weight is 253 g/mol. The van der Waals surface area contributed by atoms with Crippen molar-refractivity contribution >= 4 is 5.91 Å². The maximum Gasteiger partial charge on any atom is 0.254 e. The van der Waals surface area contributed by atoms with Crippen LogP contribution in [0.1, 0.15) is 27.0 Å². The van der Waals surface area contributed by atoms with Crippen molar-refractivity contribution in [3.63, 3.8) is 0 Å². The quantitative estimate of drug-likeness (QED) is 0.849. The van der Waals surface area contributed by atoms with Crippen LogP contribution in [0.15, 0.2) is 42.5 Å². The fraction of sp³-hybridized carbons (Fsp3) is 0.188. The minimum absolute atomic E-state index is 0.0132. The van der Waals surface area contributed by atoms with Gasteiger partial charge in [0.05, 0.1) is 0 Å². The molecule has 1 N–H and O–H groups in total. The zero-order valence-corrected chi connectivity index (χ0v) is 10.8. The Balaban J connectivity index is 1.85. The second-order valence-electron chi connectivity index (χ2n) is 4.93. The number of rotatable bonds is 1. The van der Waals surface area contributed by atoms with Crippen molar-refractivity contribution in [1.82, 2.24) is 4.90 Å². The van der Waals surface area contributed by atoms with Gasteiger partial charge in [-0.25, -0.2) is 0 Å². The van der Waals surface area contributed by atoms with Gasteiger partial charge in [0.25, 0.3) is 5.91 Å². The third kappa shape index (κ3) is 2.08. The lowest BCUT2D eigenvalue weighted by Crippen LogP contribution is -2.25. The molecule has 0 aromatic heterocycles. The number of carbonyl (C=O) groups excluding carboxylic acids is 1. The molecule has 0 atom stereocenters. The number of hydrogen-bond acceptors (Lipinski definition) is 2. The first-order chi connectivity index (χ1) is 9.15. The van der Waals surface area contributed by atoms with Crippen LogP contribution in [0.3, 0.4) is 0 Å². The highest BCUT2D eigenvalue weighted by Crippen LogP contribution is 2.25. The molecule has 96 valence electrons. The summed E-state index contributed by atoms with van der Waals surface area (Å²) >= 11 is 0. The maximum absolute atomic E-state index is 12.4. The molecule has 0 saturated carbocycles.